The second kappa shape index (κ2) is 10.3. The molecule has 0 spiro atoms. The molecule has 1 atom stereocenters. The molecule has 31 heavy (non-hydrogen) atoms. The molecule has 1 N–H and O–H groups in total. The fourth-order valence-corrected chi connectivity index (χ4v) is 4.18. The molecule has 0 fully saturated rings. The van der Waals surface area contributed by atoms with Gasteiger partial charge in [-0.3, -0.25) is 9.59 Å². The van der Waals surface area contributed by atoms with Crippen LogP contribution in [0.15, 0.2) is 66.0 Å². The topological polar surface area (TPSA) is 52.7 Å². The highest BCUT2D eigenvalue weighted by Crippen LogP contribution is 2.29. The highest BCUT2D eigenvalue weighted by atomic mass is 32.1. The van der Waals surface area contributed by atoms with Crippen LogP contribution in [0.25, 0.3) is 0 Å². The van der Waals surface area contributed by atoms with Crippen LogP contribution in [0, 0.1) is 0 Å². The molecule has 1 heterocycles. The Balaban J connectivity index is 1.91. The summed E-state index contributed by atoms with van der Waals surface area (Å²) < 4.78 is 0. The summed E-state index contributed by atoms with van der Waals surface area (Å²) in [5, 5.41) is 4.86. The summed E-state index contributed by atoms with van der Waals surface area (Å²) in [6.07, 6.45) is 0.434. The SMILES string of the molecule is CCC(=O)N(Cc1cc(NC(=O)c2cccs2)ccc1N(C)C)[C@H](C)c1ccccc1. The van der Waals surface area contributed by atoms with Crippen molar-refractivity contribution in [3.8, 4) is 0 Å². The van der Waals surface area contributed by atoms with Gasteiger partial charge in [0.15, 0.2) is 0 Å². The third-order valence-electron chi connectivity index (χ3n) is 5.28. The molecule has 2 aromatic carbocycles. The predicted octanol–water partition coefficient (Wildman–Crippen LogP) is 5.57. The Morgan fingerprint density at radius 2 is 1.77 bits per heavy atom. The van der Waals surface area contributed by atoms with Crippen molar-refractivity contribution in [3.63, 3.8) is 0 Å². The number of benzene rings is 2. The smallest absolute Gasteiger partial charge is 0.265 e. The van der Waals surface area contributed by atoms with Crippen molar-refractivity contribution in [2.24, 2.45) is 0 Å². The fraction of sp³-hybridized carbons (Fsp3) is 0.280. The Kier molecular flexibility index (Phi) is 7.47. The van der Waals surface area contributed by atoms with Gasteiger partial charge in [0, 0.05) is 38.4 Å². The van der Waals surface area contributed by atoms with E-state index in [-0.39, 0.29) is 17.9 Å². The Bertz CT molecular complexity index is 1020. The lowest BCUT2D eigenvalue weighted by molar-refractivity contribution is -0.133. The van der Waals surface area contributed by atoms with Crippen molar-refractivity contribution in [1.82, 2.24) is 4.90 Å². The zero-order valence-corrected chi connectivity index (χ0v) is 19.3. The fourth-order valence-electron chi connectivity index (χ4n) is 3.57. The van der Waals surface area contributed by atoms with E-state index < -0.39 is 0 Å². The van der Waals surface area contributed by atoms with E-state index in [0.717, 1.165) is 22.5 Å². The van der Waals surface area contributed by atoms with Crippen LogP contribution in [0.5, 0.6) is 0 Å². The van der Waals surface area contributed by atoms with E-state index >= 15 is 0 Å². The van der Waals surface area contributed by atoms with Crippen molar-refractivity contribution in [3.05, 3.63) is 82.0 Å². The lowest BCUT2D eigenvalue weighted by Crippen LogP contribution is -2.33. The lowest BCUT2D eigenvalue weighted by Gasteiger charge is -2.31. The average molecular weight is 436 g/mol. The maximum absolute atomic E-state index is 12.9. The Morgan fingerprint density at radius 1 is 1.03 bits per heavy atom. The molecule has 0 radical (unpaired) electrons. The maximum Gasteiger partial charge on any atom is 0.265 e. The van der Waals surface area contributed by atoms with Crippen molar-refractivity contribution in [2.75, 3.05) is 24.3 Å². The van der Waals surface area contributed by atoms with Crippen LogP contribution >= 0.6 is 11.3 Å². The molecule has 0 aliphatic heterocycles. The number of rotatable bonds is 8. The number of nitrogens with one attached hydrogen (secondary N) is 1. The van der Waals surface area contributed by atoms with Gasteiger partial charge in [-0.1, -0.05) is 43.3 Å². The summed E-state index contributed by atoms with van der Waals surface area (Å²) in [5.41, 5.74) is 3.81. The average Bonchev–Trinajstić information content (AvgIpc) is 3.32. The van der Waals surface area contributed by atoms with Crippen LogP contribution in [0.2, 0.25) is 0 Å². The molecule has 1 aromatic heterocycles. The molecule has 3 rings (SSSR count). The predicted molar refractivity (Wildman–Crippen MR) is 129 cm³/mol. The van der Waals surface area contributed by atoms with Gasteiger partial charge in [-0.05, 0) is 47.7 Å². The number of amides is 2. The number of thiophene rings is 1. The molecular formula is C25H29N3O2S. The summed E-state index contributed by atoms with van der Waals surface area (Å²) in [6, 6.07) is 19.5. The lowest BCUT2D eigenvalue weighted by atomic mass is 10.0. The van der Waals surface area contributed by atoms with Gasteiger partial charge in [0.05, 0.1) is 10.9 Å². The largest absolute Gasteiger partial charge is 0.377 e. The summed E-state index contributed by atoms with van der Waals surface area (Å²) in [4.78, 5) is 30.0. The number of hydrogen-bond acceptors (Lipinski definition) is 4. The number of carbonyl (C=O) groups is 2. The van der Waals surface area contributed by atoms with E-state index in [1.807, 2.05) is 90.8 Å². The second-order valence-corrected chi connectivity index (χ2v) is 8.58. The van der Waals surface area contributed by atoms with Crippen molar-refractivity contribution < 1.29 is 9.59 Å². The molecule has 3 aromatic rings. The van der Waals surface area contributed by atoms with Crippen LogP contribution in [0.4, 0.5) is 11.4 Å². The quantitative estimate of drug-likeness (QED) is 0.503. The highest BCUT2D eigenvalue weighted by molar-refractivity contribution is 7.12. The van der Waals surface area contributed by atoms with Gasteiger partial charge < -0.3 is 15.1 Å². The van der Waals surface area contributed by atoms with E-state index in [1.165, 1.54) is 11.3 Å². The maximum atomic E-state index is 12.9. The normalized spacial score (nSPS) is 11.6. The van der Waals surface area contributed by atoms with Crippen LogP contribution in [-0.4, -0.2) is 30.8 Å². The molecule has 0 bridgehead atoms. The molecular weight excluding hydrogens is 406 g/mol. The molecule has 5 nitrogen and oxygen atoms in total. The molecule has 0 saturated heterocycles. The van der Waals surface area contributed by atoms with Crippen LogP contribution in [0.3, 0.4) is 0 Å². The minimum atomic E-state index is -0.127. The van der Waals surface area contributed by atoms with Crippen molar-refractivity contribution >= 4 is 34.5 Å². The molecule has 0 aliphatic carbocycles. The van der Waals surface area contributed by atoms with E-state index in [2.05, 4.69) is 12.2 Å². The standard InChI is InChI=1S/C25H29N3O2S/c1-5-24(29)28(18(2)19-10-7-6-8-11-19)17-20-16-21(13-14-22(20)27(3)4)26-25(30)23-12-9-15-31-23/h6-16,18H,5,17H2,1-4H3,(H,26,30)/t18-/m1/s1. The van der Waals surface area contributed by atoms with Crippen LogP contribution in [-0.2, 0) is 11.3 Å². The first kappa shape index (κ1) is 22.6. The molecule has 6 heteroatoms. The third kappa shape index (κ3) is 5.52. The summed E-state index contributed by atoms with van der Waals surface area (Å²) in [5.74, 6) is -0.0354. The summed E-state index contributed by atoms with van der Waals surface area (Å²) in [6.45, 7) is 4.40. The monoisotopic (exact) mass is 435 g/mol. The van der Waals surface area contributed by atoms with Gasteiger partial charge in [-0.15, -0.1) is 11.3 Å². The van der Waals surface area contributed by atoms with Crippen molar-refractivity contribution in [1.29, 1.82) is 0 Å². The molecule has 162 valence electrons. The van der Waals surface area contributed by atoms with Gasteiger partial charge in [0.2, 0.25) is 5.91 Å². The zero-order valence-electron chi connectivity index (χ0n) is 18.5. The minimum absolute atomic E-state index is 0.0620. The number of anilines is 2. The summed E-state index contributed by atoms with van der Waals surface area (Å²) in [7, 11) is 3.96. The molecule has 0 saturated carbocycles. The third-order valence-corrected chi connectivity index (χ3v) is 6.15. The van der Waals surface area contributed by atoms with Gasteiger partial charge in [-0.2, -0.15) is 0 Å². The van der Waals surface area contributed by atoms with E-state index in [1.54, 1.807) is 6.07 Å². The highest BCUT2D eigenvalue weighted by Gasteiger charge is 2.22. The van der Waals surface area contributed by atoms with Gasteiger partial charge in [0.25, 0.3) is 5.91 Å². The van der Waals surface area contributed by atoms with Crippen molar-refractivity contribution in [2.45, 2.75) is 32.9 Å². The Morgan fingerprint density at radius 3 is 2.39 bits per heavy atom. The number of nitrogens with zero attached hydrogens (tertiary/aromatic N) is 2. The van der Waals surface area contributed by atoms with Gasteiger partial charge in [-0.25, -0.2) is 0 Å². The minimum Gasteiger partial charge on any atom is -0.377 e. The van der Waals surface area contributed by atoms with E-state index in [9.17, 15) is 9.59 Å². The first-order chi connectivity index (χ1) is 14.9. The Labute approximate surface area is 188 Å². The molecule has 0 unspecified atom stereocenters. The molecule has 2 amide bonds. The number of carbonyl (C=O) groups excluding carboxylic acids is 2. The second-order valence-electron chi connectivity index (χ2n) is 7.63. The molecule has 0 aliphatic rings. The zero-order chi connectivity index (χ0) is 22.4. The first-order valence-electron chi connectivity index (χ1n) is 10.4. The summed E-state index contributed by atoms with van der Waals surface area (Å²) >= 11 is 1.41. The first-order valence-corrected chi connectivity index (χ1v) is 11.3. The Hall–Kier alpha value is -3.12. The number of hydrogen-bond donors (Lipinski definition) is 1. The van der Waals surface area contributed by atoms with Crippen LogP contribution < -0.4 is 10.2 Å². The van der Waals surface area contributed by atoms with Crippen LogP contribution in [0.1, 0.15) is 47.1 Å². The van der Waals surface area contributed by atoms with E-state index in [0.29, 0.717) is 17.8 Å². The van der Waals surface area contributed by atoms with Gasteiger partial charge in [0.1, 0.15) is 0 Å². The van der Waals surface area contributed by atoms with Gasteiger partial charge >= 0.3 is 0 Å². The van der Waals surface area contributed by atoms with E-state index in [4.69, 9.17) is 0 Å².